The van der Waals surface area contributed by atoms with Gasteiger partial charge in [-0.25, -0.2) is 0 Å². The SMILES string of the molecule is CNC(c1ccccc1C)C1CCCN(C)C1. The average Bonchev–Trinajstić information content (AvgIpc) is 2.33. The van der Waals surface area contributed by atoms with E-state index in [1.807, 2.05) is 0 Å². The molecule has 0 aliphatic carbocycles. The van der Waals surface area contributed by atoms with Crippen molar-refractivity contribution in [3.05, 3.63) is 35.4 Å². The molecular formula is C15H24N2. The van der Waals surface area contributed by atoms with Crippen LogP contribution < -0.4 is 5.32 Å². The van der Waals surface area contributed by atoms with Crippen molar-refractivity contribution in [3.8, 4) is 0 Å². The molecule has 0 aromatic heterocycles. The molecular weight excluding hydrogens is 208 g/mol. The molecule has 1 aromatic carbocycles. The Bertz CT molecular complexity index is 362. The minimum absolute atomic E-state index is 0.499. The maximum absolute atomic E-state index is 3.52. The summed E-state index contributed by atoms with van der Waals surface area (Å²) in [7, 11) is 4.32. The number of benzene rings is 1. The zero-order chi connectivity index (χ0) is 12.3. The summed E-state index contributed by atoms with van der Waals surface area (Å²) in [6.45, 7) is 4.67. The van der Waals surface area contributed by atoms with Gasteiger partial charge in [-0.05, 0) is 57.5 Å². The monoisotopic (exact) mass is 232 g/mol. The van der Waals surface area contributed by atoms with Crippen LogP contribution in [0.25, 0.3) is 0 Å². The number of nitrogens with zero attached hydrogens (tertiary/aromatic N) is 1. The summed E-state index contributed by atoms with van der Waals surface area (Å²) in [6.07, 6.45) is 2.66. The molecule has 0 saturated carbocycles. The second kappa shape index (κ2) is 5.65. The second-order valence-electron chi connectivity index (χ2n) is 5.29. The topological polar surface area (TPSA) is 15.3 Å². The van der Waals surface area contributed by atoms with Gasteiger partial charge in [-0.2, -0.15) is 0 Å². The van der Waals surface area contributed by atoms with Gasteiger partial charge in [0.05, 0.1) is 0 Å². The van der Waals surface area contributed by atoms with Gasteiger partial charge in [0.15, 0.2) is 0 Å². The van der Waals surface area contributed by atoms with Crippen LogP contribution in [0.4, 0.5) is 0 Å². The Labute approximate surface area is 105 Å². The highest BCUT2D eigenvalue weighted by Gasteiger charge is 2.26. The van der Waals surface area contributed by atoms with Crippen LogP contribution in [0.2, 0.25) is 0 Å². The number of hydrogen-bond acceptors (Lipinski definition) is 2. The van der Waals surface area contributed by atoms with E-state index >= 15 is 0 Å². The molecule has 0 radical (unpaired) electrons. The van der Waals surface area contributed by atoms with Crippen molar-refractivity contribution in [1.29, 1.82) is 0 Å². The van der Waals surface area contributed by atoms with Gasteiger partial charge in [-0.15, -0.1) is 0 Å². The van der Waals surface area contributed by atoms with Crippen LogP contribution in [0.1, 0.15) is 30.0 Å². The molecule has 0 amide bonds. The standard InChI is InChI=1S/C15H24N2/c1-12-7-4-5-9-14(12)15(16-2)13-8-6-10-17(3)11-13/h4-5,7,9,13,15-16H,6,8,10-11H2,1-3H3. The molecule has 1 fully saturated rings. The Morgan fingerprint density at radius 2 is 2.12 bits per heavy atom. The van der Waals surface area contributed by atoms with E-state index in [2.05, 4.69) is 55.5 Å². The molecule has 2 unspecified atom stereocenters. The van der Waals surface area contributed by atoms with Crippen molar-refractivity contribution in [2.24, 2.45) is 5.92 Å². The molecule has 1 aliphatic rings. The molecule has 2 heteroatoms. The summed E-state index contributed by atoms with van der Waals surface area (Å²) in [4.78, 5) is 2.46. The van der Waals surface area contributed by atoms with Gasteiger partial charge in [0.25, 0.3) is 0 Å². The first kappa shape index (κ1) is 12.6. The Hall–Kier alpha value is -0.860. The number of likely N-dealkylation sites (tertiary alicyclic amines) is 1. The quantitative estimate of drug-likeness (QED) is 0.862. The summed E-state index contributed by atoms with van der Waals surface area (Å²) in [5.41, 5.74) is 2.87. The van der Waals surface area contributed by atoms with Gasteiger partial charge < -0.3 is 10.2 Å². The maximum Gasteiger partial charge on any atom is 0.0361 e. The third-order valence-electron chi connectivity index (χ3n) is 3.97. The predicted molar refractivity (Wildman–Crippen MR) is 73.2 cm³/mol. The fourth-order valence-electron chi connectivity index (χ4n) is 3.06. The van der Waals surface area contributed by atoms with Gasteiger partial charge in [0.1, 0.15) is 0 Å². The van der Waals surface area contributed by atoms with E-state index in [9.17, 15) is 0 Å². The van der Waals surface area contributed by atoms with Crippen LogP contribution in [0, 0.1) is 12.8 Å². The third kappa shape index (κ3) is 2.88. The van der Waals surface area contributed by atoms with Crippen LogP contribution >= 0.6 is 0 Å². The van der Waals surface area contributed by atoms with Crippen molar-refractivity contribution in [3.63, 3.8) is 0 Å². The third-order valence-corrected chi connectivity index (χ3v) is 3.97. The first-order chi connectivity index (χ1) is 8.22. The first-order valence-electron chi connectivity index (χ1n) is 6.63. The van der Waals surface area contributed by atoms with E-state index in [4.69, 9.17) is 0 Å². The van der Waals surface area contributed by atoms with Crippen molar-refractivity contribution in [2.45, 2.75) is 25.8 Å². The fraction of sp³-hybridized carbons (Fsp3) is 0.600. The highest BCUT2D eigenvalue weighted by atomic mass is 15.1. The predicted octanol–water partition coefficient (Wildman–Crippen LogP) is 2.60. The molecule has 0 spiro atoms. The lowest BCUT2D eigenvalue weighted by molar-refractivity contribution is 0.177. The molecule has 2 atom stereocenters. The van der Waals surface area contributed by atoms with E-state index in [-0.39, 0.29) is 0 Å². The Morgan fingerprint density at radius 1 is 1.35 bits per heavy atom. The minimum Gasteiger partial charge on any atom is -0.313 e. The molecule has 1 heterocycles. The highest BCUT2D eigenvalue weighted by Crippen LogP contribution is 2.30. The van der Waals surface area contributed by atoms with E-state index in [1.54, 1.807) is 0 Å². The van der Waals surface area contributed by atoms with Crippen LogP contribution in [0.5, 0.6) is 0 Å². The van der Waals surface area contributed by atoms with Crippen LogP contribution in [-0.4, -0.2) is 32.1 Å². The van der Waals surface area contributed by atoms with E-state index in [0.717, 1.165) is 5.92 Å². The summed E-state index contributed by atoms with van der Waals surface area (Å²) in [6, 6.07) is 9.26. The second-order valence-corrected chi connectivity index (χ2v) is 5.29. The summed E-state index contributed by atoms with van der Waals surface area (Å²) >= 11 is 0. The zero-order valence-electron chi connectivity index (χ0n) is 11.2. The minimum atomic E-state index is 0.499. The first-order valence-corrected chi connectivity index (χ1v) is 6.63. The van der Waals surface area contributed by atoms with E-state index in [0.29, 0.717) is 6.04 Å². The lowest BCUT2D eigenvalue weighted by atomic mass is 9.85. The van der Waals surface area contributed by atoms with Crippen LogP contribution in [0.3, 0.4) is 0 Å². The maximum atomic E-state index is 3.52. The fourth-order valence-corrected chi connectivity index (χ4v) is 3.06. The molecule has 1 aliphatic heterocycles. The Morgan fingerprint density at radius 3 is 2.76 bits per heavy atom. The number of piperidine rings is 1. The summed E-state index contributed by atoms with van der Waals surface area (Å²) < 4.78 is 0. The summed E-state index contributed by atoms with van der Waals surface area (Å²) in [5.74, 6) is 0.736. The number of aryl methyl sites for hydroxylation is 1. The highest BCUT2D eigenvalue weighted by molar-refractivity contribution is 5.29. The molecule has 1 saturated heterocycles. The van der Waals surface area contributed by atoms with Gasteiger partial charge in [-0.1, -0.05) is 24.3 Å². The smallest absolute Gasteiger partial charge is 0.0361 e. The zero-order valence-corrected chi connectivity index (χ0v) is 11.2. The average molecular weight is 232 g/mol. The molecule has 2 nitrogen and oxygen atoms in total. The van der Waals surface area contributed by atoms with Crippen molar-refractivity contribution in [2.75, 3.05) is 27.2 Å². The van der Waals surface area contributed by atoms with Gasteiger partial charge in [0, 0.05) is 12.6 Å². The lowest BCUT2D eigenvalue weighted by Gasteiger charge is -2.35. The number of nitrogens with one attached hydrogen (secondary N) is 1. The van der Waals surface area contributed by atoms with Crippen LogP contribution in [0.15, 0.2) is 24.3 Å². The Balaban J connectivity index is 2.18. The molecule has 94 valence electrons. The molecule has 2 rings (SSSR count). The molecule has 17 heavy (non-hydrogen) atoms. The van der Waals surface area contributed by atoms with Gasteiger partial charge >= 0.3 is 0 Å². The van der Waals surface area contributed by atoms with Crippen molar-refractivity contribution >= 4 is 0 Å². The molecule has 1 N–H and O–H groups in total. The molecule has 0 bridgehead atoms. The van der Waals surface area contributed by atoms with Gasteiger partial charge in [-0.3, -0.25) is 0 Å². The molecule has 1 aromatic rings. The van der Waals surface area contributed by atoms with Crippen LogP contribution in [-0.2, 0) is 0 Å². The lowest BCUT2D eigenvalue weighted by Crippen LogP contribution is -2.38. The largest absolute Gasteiger partial charge is 0.313 e. The van der Waals surface area contributed by atoms with Crippen molar-refractivity contribution < 1.29 is 0 Å². The number of hydrogen-bond donors (Lipinski definition) is 1. The van der Waals surface area contributed by atoms with E-state index in [1.165, 1.54) is 37.1 Å². The van der Waals surface area contributed by atoms with Crippen molar-refractivity contribution in [1.82, 2.24) is 10.2 Å². The Kier molecular flexibility index (Phi) is 4.19. The number of rotatable bonds is 3. The normalized spacial score (nSPS) is 23.6. The van der Waals surface area contributed by atoms with E-state index < -0.39 is 0 Å². The van der Waals surface area contributed by atoms with Gasteiger partial charge in [0.2, 0.25) is 0 Å². The summed E-state index contributed by atoms with van der Waals surface area (Å²) in [5, 5.41) is 3.52.